The zero-order chi connectivity index (χ0) is 16.1. The van der Waals surface area contributed by atoms with E-state index in [-0.39, 0.29) is 5.91 Å². The van der Waals surface area contributed by atoms with Crippen LogP contribution in [0.1, 0.15) is 15.9 Å². The molecule has 5 heteroatoms. The highest BCUT2D eigenvalue weighted by Crippen LogP contribution is 2.14. The van der Waals surface area contributed by atoms with Gasteiger partial charge in [-0.3, -0.25) is 9.78 Å². The fraction of sp³-hybridized carbons (Fsp3) is 0.0556. The molecule has 2 aromatic carbocycles. The summed E-state index contributed by atoms with van der Waals surface area (Å²) in [5, 5.41) is 5.04. The summed E-state index contributed by atoms with van der Waals surface area (Å²) in [6.45, 7) is 0. The van der Waals surface area contributed by atoms with Crippen molar-refractivity contribution < 1.29 is 9.53 Å². The number of nitrogens with one attached hydrogen (secondary N) is 1. The van der Waals surface area contributed by atoms with E-state index >= 15 is 0 Å². The second kappa shape index (κ2) is 6.70. The maximum absolute atomic E-state index is 12.0. The lowest BCUT2D eigenvalue weighted by Gasteiger charge is -2.03. The number of hydrogen-bond donors (Lipinski definition) is 1. The third-order valence-electron chi connectivity index (χ3n) is 3.39. The number of methoxy groups -OCH3 is 1. The molecule has 114 valence electrons. The molecule has 0 spiro atoms. The zero-order valence-electron chi connectivity index (χ0n) is 12.6. The number of carbonyl (C=O) groups is 1. The minimum absolute atomic E-state index is 0.280. The summed E-state index contributed by atoms with van der Waals surface area (Å²) in [5.74, 6) is 0.420. The van der Waals surface area contributed by atoms with Crippen molar-refractivity contribution in [2.75, 3.05) is 7.11 Å². The van der Waals surface area contributed by atoms with E-state index < -0.39 is 0 Å². The molecule has 3 aromatic rings. The van der Waals surface area contributed by atoms with Crippen LogP contribution in [0.4, 0.5) is 0 Å². The average Bonchev–Trinajstić information content (AvgIpc) is 2.62. The largest absolute Gasteiger partial charge is 0.497 e. The van der Waals surface area contributed by atoms with Gasteiger partial charge < -0.3 is 4.74 Å². The van der Waals surface area contributed by atoms with E-state index in [4.69, 9.17) is 4.74 Å². The minimum Gasteiger partial charge on any atom is -0.497 e. The van der Waals surface area contributed by atoms with Gasteiger partial charge in [-0.15, -0.1) is 0 Å². The van der Waals surface area contributed by atoms with E-state index in [1.165, 1.54) is 0 Å². The van der Waals surface area contributed by atoms with Crippen LogP contribution in [0.25, 0.3) is 10.9 Å². The monoisotopic (exact) mass is 305 g/mol. The van der Waals surface area contributed by atoms with Crippen LogP contribution >= 0.6 is 0 Å². The van der Waals surface area contributed by atoms with Crippen molar-refractivity contribution in [3.05, 3.63) is 71.9 Å². The number of ether oxygens (including phenoxy) is 1. The number of rotatable bonds is 4. The van der Waals surface area contributed by atoms with Crippen LogP contribution in [0.3, 0.4) is 0 Å². The zero-order valence-corrected chi connectivity index (χ0v) is 12.6. The molecule has 0 unspecified atom stereocenters. The molecule has 0 atom stereocenters. The number of pyridine rings is 1. The van der Waals surface area contributed by atoms with Crippen molar-refractivity contribution >= 4 is 23.0 Å². The average molecular weight is 305 g/mol. The Morgan fingerprint density at radius 3 is 2.70 bits per heavy atom. The van der Waals surface area contributed by atoms with Gasteiger partial charge in [0.15, 0.2) is 0 Å². The second-order valence-corrected chi connectivity index (χ2v) is 4.85. The van der Waals surface area contributed by atoms with Crippen LogP contribution in [0, 0.1) is 0 Å². The van der Waals surface area contributed by atoms with E-state index in [0.717, 1.165) is 16.5 Å². The number of fused-ring (bicyclic) bond motifs is 1. The Labute approximate surface area is 133 Å². The number of carbonyl (C=O) groups excluding carboxylic acids is 1. The highest BCUT2D eigenvalue weighted by atomic mass is 16.5. The molecule has 1 aromatic heterocycles. The highest BCUT2D eigenvalue weighted by molar-refractivity contribution is 5.99. The van der Waals surface area contributed by atoms with Gasteiger partial charge in [0.25, 0.3) is 5.91 Å². The van der Waals surface area contributed by atoms with E-state index in [2.05, 4.69) is 15.5 Å². The fourth-order valence-corrected chi connectivity index (χ4v) is 2.20. The summed E-state index contributed by atoms with van der Waals surface area (Å²) < 4.78 is 5.06. The van der Waals surface area contributed by atoms with Crippen molar-refractivity contribution in [3.63, 3.8) is 0 Å². The molecule has 0 aliphatic rings. The number of nitrogens with zero attached hydrogens (tertiary/aromatic N) is 2. The van der Waals surface area contributed by atoms with Crippen LogP contribution in [0.5, 0.6) is 5.75 Å². The Bertz CT molecular complexity index is 852. The third kappa shape index (κ3) is 3.35. The molecule has 5 nitrogen and oxygen atoms in total. The number of hydrogen-bond acceptors (Lipinski definition) is 4. The molecular weight excluding hydrogens is 290 g/mol. The summed E-state index contributed by atoms with van der Waals surface area (Å²) >= 11 is 0. The van der Waals surface area contributed by atoms with Crippen LogP contribution < -0.4 is 10.2 Å². The minimum atomic E-state index is -0.280. The first-order valence-corrected chi connectivity index (χ1v) is 7.09. The van der Waals surface area contributed by atoms with Gasteiger partial charge in [0.2, 0.25) is 0 Å². The molecular formula is C18H15N3O2. The third-order valence-corrected chi connectivity index (χ3v) is 3.39. The van der Waals surface area contributed by atoms with Crippen LogP contribution in [-0.2, 0) is 0 Å². The topological polar surface area (TPSA) is 63.6 Å². The summed E-state index contributed by atoms with van der Waals surface area (Å²) in [7, 11) is 1.58. The number of amides is 1. The Kier molecular flexibility index (Phi) is 4.29. The first kappa shape index (κ1) is 14.7. The van der Waals surface area contributed by atoms with Gasteiger partial charge in [0.1, 0.15) is 5.75 Å². The first-order chi connectivity index (χ1) is 11.3. The van der Waals surface area contributed by atoms with E-state index in [9.17, 15) is 4.79 Å². The second-order valence-electron chi connectivity index (χ2n) is 4.85. The van der Waals surface area contributed by atoms with E-state index in [1.54, 1.807) is 43.8 Å². The van der Waals surface area contributed by atoms with Crippen molar-refractivity contribution in [2.24, 2.45) is 5.10 Å². The van der Waals surface area contributed by atoms with Crippen molar-refractivity contribution in [2.45, 2.75) is 0 Å². The normalized spacial score (nSPS) is 10.8. The summed E-state index contributed by atoms with van der Waals surface area (Å²) in [5.41, 5.74) is 4.71. The van der Waals surface area contributed by atoms with Gasteiger partial charge in [-0.25, -0.2) is 5.43 Å². The molecule has 0 fully saturated rings. The molecule has 1 heterocycles. The van der Waals surface area contributed by atoms with Crippen molar-refractivity contribution in [1.29, 1.82) is 0 Å². The Balaban J connectivity index is 1.73. The predicted molar refractivity (Wildman–Crippen MR) is 89.8 cm³/mol. The number of aromatic nitrogens is 1. The molecule has 1 amide bonds. The molecule has 0 aliphatic carbocycles. The summed E-state index contributed by atoms with van der Waals surface area (Å²) in [4.78, 5) is 16.4. The van der Waals surface area contributed by atoms with Gasteiger partial charge in [-0.2, -0.15) is 5.10 Å². The standard InChI is InChI=1S/C18H15N3O2/c1-23-16-9-7-14(8-10-16)18(22)21-20-12-15-5-2-4-13-6-3-11-19-17(13)15/h2-12H,1H3,(H,21,22)/b20-12-. The van der Waals surface area contributed by atoms with Gasteiger partial charge in [0.05, 0.1) is 18.8 Å². The predicted octanol–water partition coefficient (Wildman–Crippen LogP) is 3.01. The lowest BCUT2D eigenvalue weighted by Crippen LogP contribution is -2.17. The molecule has 0 saturated heterocycles. The van der Waals surface area contributed by atoms with Crippen molar-refractivity contribution in [3.8, 4) is 5.75 Å². The molecule has 23 heavy (non-hydrogen) atoms. The van der Waals surface area contributed by atoms with Crippen LogP contribution in [0.2, 0.25) is 0 Å². The van der Waals surface area contributed by atoms with Crippen molar-refractivity contribution in [1.82, 2.24) is 10.4 Å². The van der Waals surface area contributed by atoms with Gasteiger partial charge in [-0.05, 0) is 30.3 Å². The maximum atomic E-state index is 12.0. The molecule has 0 saturated carbocycles. The SMILES string of the molecule is COc1ccc(C(=O)N/N=C\c2cccc3cccnc23)cc1. The van der Waals surface area contributed by atoms with Gasteiger partial charge >= 0.3 is 0 Å². The molecule has 0 radical (unpaired) electrons. The van der Waals surface area contributed by atoms with Crippen LogP contribution in [-0.4, -0.2) is 24.2 Å². The smallest absolute Gasteiger partial charge is 0.271 e. The molecule has 3 rings (SSSR count). The maximum Gasteiger partial charge on any atom is 0.271 e. The Morgan fingerprint density at radius 2 is 1.91 bits per heavy atom. The fourth-order valence-electron chi connectivity index (χ4n) is 2.20. The quantitative estimate of drug-likeness (QED) is 0.595. The summed E-state index contributed by atoms with van der Waals surface area (Å²) in [6, 6.07) is 16.5. The lowest BCUT2D eigenvalue weighted by molar-refractivity contribution is 0.0955. The van der Waals surface area contributed by atoms with Gasteiger partial charge in [-0.1, -0.05) is 24.3 Å². The molecule has 0 bridgehead atoms. The van der Waals surface area contributed by atoms with Gasteiger partial charge in [0, 0.05) is 22.7 Å². The number of benzene rings is 2. The summed E-state index contributed by atoms with van der Waals surface area (Å²) in [6.07, 6.45) is 3.33. The first-order valence-electron chi connectivity index (χ1n) is 7.09. The molecule has 0 aliphatic heterocycles. The number of para-hydroxylation sites is 1. The highest BCUT2D eigenvalue weighted by Gasteiger charge is 2.04. The Hall–Kier alpha value is -3.21. The van der Waals surface area contributed by atoms with Crippen LogP contribution in [0.15, 0.2) is 65.9 Å². The Morgan fingerprint density at radius 1 is 1.13 bits per heavy atom. The molecule has 1 N–H and O–H groups in total. The van der Waals surface area contributed by atoms with E-state index in [1.807, 2.05) is 30.3 Å². The van der Waals surface area contributed by atoms with E-state index in [0.29, 0.717) is 11.3 Å². The number of hydrazone groups is 1. The lowest BCUT2D eigenvalue weighted by atomic mass is 10.1.